The van der Waals surface area contributed by atoms with Gasteiger partial charge in [0.2, 0.25) is 0 Å². The van der Waals surface area contributed by atoms with Crippen molar-refractivity contribution in [3.05, 3.63) is 77.4 Å². The standard InChI is InChI=1S/C22H19NO5/c1-14-10-11-16(21(25)27-2)12-19(14)23-20(24)13-28-22(26)18-9-5-7-15-6-3-4-8-17(15)18/h3-12H,13H2,1-2H3,(H,23,24). The van der Waals surface area contributed by atoms with Crippen LogP contribution in [0.25, 0.3) is 10.8 Å². The maximum atomic E-state index is 12.4. The minimum absolute atomic E-state index is 0.316. The second kappa shape index (κ2) is 8.35. The first-order valence-electron chi connectivity index (χ1n) is 8.63. The Bertz CT molecular complexity index is 1050. The summed E-state index contributed by atoms with van der Waals surface area (Å²) >= 11 is 0. The van der Waals surface area contributed by atoms with Crippen molar-refractivity contribution in [3.8, 4) is 0 Å². The van der Waals surface area contributed by atoms with Gasteiger partial charge in [-0.15, -0.1) is 0 Å². The number of anilines is 1. The molecule has 0 radical (unpaired) electrons. The van der Waals surface area contributed by atoms with E-state index in [-0.39, 0.29) is 0 Å². The Labute approximate surface area is 162 Å². The van der Waals surface area contributed by atoms with E-state index < -0.39 is 24.5 Å². The molecule has 1 amide bonds. The Morgan fingerprint density at radius 3 is 2.46 bits per heavy atom. The molecule has 3 aromatic carbocycles. The van der Waals surface area contributed by atoms with Gasteiger partial charge in [-0.05, 0) is 41.5 Å². The molecule has 1 N–H and O–H groups in total. The van der Waals surface area contributed by atoms with E-state index in [9.17, 15) is 14.4 Å². The topological polar surface area (TPSA) is 81.7 Å². The van der Waals surface area contributed by atoms with E-state index in [1.807, 2.05) is 30.3 Å². The van der Waals surface area contributed by atoms with Crippen molar-refractivity contribution in [1.29, 1.82) is 0 Å². The van der Waals surface area contributed by atoms with Gasteiger partial charge in [0.15, 0.2) is 6.61 Å². The average Bonchev–Trinajstić information content (AvgIpc) is 2.72. The molecule has 6 nitrogen and oxygen atoms in total. The third kappa shape index (κ3) is 4.17. The number of methoxy groups -OCH3 is 1. The smallest absolute Gasteiger partial charge is 0.339 e. The summed E-state index contributed by atoms with van der Waals surface area (Å²) < 4.78 is 9.84. The molecule has 0 aliphatic carbocycles. The van der Waals surface area contributed by atoms with Crippen molar-refractivity contribution in [1.82, 2.24) is 0 Å². The molecule has 28 heavy (non-hydrogen) atoms. The average molecular weight is 377 g/mol. The molecule has 6 heteroatoms. The van der Waals surface area contributed by atoms with E-state index >= 15 is 0 Å². The largest absolute Gasteiger partial charge is 0.465 e. The van der Waals surface area contributed by atoms with Crippen LogP contribution < -0.4 is 5.32 Å². The van der Waals surface area contributed by atoms with E-state index in [2.05, 4.69) is 10.1 Å². The fourth-order valence-electron chi connectivity index (χ4n) is 2.80. The number of carbonyl (C=O) groups excluding carboxylic acids is 3. The summed E-state index contributed by atoms with van der Waals surface area (Å²) in [5.41, 5.74) is 1.93. The SMILES string of the molecule is COC(=O)c1ccc(C)c(NC(=O)COC(=O)c2cccc3ccccc23)c1. The summed E-state index contributed by atoms with van der Waals surface area (Å²) in [4.78, 5) is 36.2. The van der Waals surface area contributed by atoms with Crippen LogP contribution >= 0.6 is 0 Å². The van der Waals surface area contributed by atoms with Crippen LogP contribution in [0.5, 0.6) is 0 Å². The molecule has 0 aromatic heterocycles. The molecular formula is C22H19NO5. The van der Waals surface area contributed by atoms with Crippen LogP contribution in [0.4, 0.5) is 5.69 Å². The van der Waals surface area contributed by atoms with E-state index in [0.717, 1.165) is 16.3 Å². The number of nitrogens with one attached hydrogen (secondary N) is 1. The molecule has 3 aromatic rings. The summed E-state index contributed by atoms with van der Waals surface area (Å²) in [6.07, 6.45) is 0. The second-order valence-corrected chi connectivity index (χ2v) is 6.17. The van der Waals surface area contributed by atoms with Gasteiger partial charge in [-0.2, -0.15) is 0 Å². The minimum Gasteiger partial charge on any atom is -0.465 e. The fraction of sp³-hybridized carbons (Fsp3) is 0.136. The molecule has 0 atom stereocenters. The molecule has 0 saturated heterocycles. The van der Waals surface area contributed by atoms with Crippen LogP contribution in [-0.2, 0) is 14.3 Å². The predicted molar refractivity (Wildman–Crippen MR) is 105 cm³/mol. The van der Waals surface area contributed by atoms with Gasteiger partial charge in [0.25, 0.3) is 5.91 Å². The zero-order valence-electron chi connectivity index (χ0n) is 15.5. The van der Waals surface area contributed by atoms with Gasteiger partial charge < -0.3 is 14.8 Å². The van der Waals surface area contributed by atoms with Crippen molar-refractivity contribution in [2.75, 3.05) is 19.0 Å². The van der Waals surface area contributed by atoms with Crippen molar-refractivity contribution < 1.29 is 23.9 Å². The third-order valence-corrected chi connectivity index (χ3v) is 4.28. The number of ether oxygens (including phenoxy) is 2. The van der Waals surface area contributed by atoms with Gasteiger partial charge in [-0.3, -0.25) is 4.79 Å². The zero-order chi connectivity index (χ0) is 20.1. The molecule has 0 fully saturated rings. The maximum absolute atomic E-state index is 12.4. The molecule has 0 aliphatic rings. The summed E-state index contributed by atoms with van der Waals surface area (Å²) in [7, 11) is 1.28. The number of rotatable bonds is 5. The van der Waals surface area contributed by atoms with Crippen molar-refractivity contribution in [2.45, 2.75) is 6.92 Å². The summed E-state index contributed by atoms with van der Waals surface area (Å²) in [5.74, 6) is -1.58. The maximum Gasteiger partial charge on any atom is 0.339 e. The van der Waals surface area contributed by atoms with Gasteiger partial charge in [0.1, 0.15) is 0 Å². The number of hydrogen-bond acceptors (Lipinski definition) is 5. The normalized spacial score (nSPS) is 10.4. The first kappa shape index (κ1) is 19.1. The Kier molecular flexibility index (Phi) is 5.69. The van der Waals surface area contributed by atoms with Crippen LogP contribution in [0.2, 0.25) is 0 Å². The first-order valence-corrected chi connectivity index (χ1v) is 8.63. The van der Waals surface area contributed by atoms with Crippen LogP contribution in [0, 0.1) is 6.92 Å². The Balaban J connectivity index is 1.67. The number of benzene rings is 3. The summed E-state index contributed by atoms with van der Waals surface area (Å²) in [6, 6.07) is 17.6. The summed E-state index contributed by atoms with van der Waals surface area (Å²) in [5, 5.41) is 4.32. The van der Waals surface area contributed by atoms with Gasteiger partial charge >= 0.3 is 11.9 Å². The highest BCUT2D eigenvalue weighted by Gasteiger charge is 2.15. The quantitative estimate of drug-likeness (QED) is 0.685. The molecule has 0 unspecified atom stereocenters. The molecule has 0 saturated carbocycles. The molecule has 0 spiro atoms. The molecule has 142 valence electrons. The minimum atomic E-state index is -0.577. The second-order valence-electron chi connectivity index (χ2n) is 6.17. The van der Waals surface area contributed by atoms with E-state index in [1.165, 1.54) is 13.2 Å². The van der Waals surface area contributed by atoms with Crippen molar-refractivity contribution >= 4 is 34.3 Å². The predicted octanol–water partition coefficient (Wildman–Crippen LogP) is 3.73. The van der Waals surface area contributed by atoms with Gasteiger partial charge in [0.05, 0.1) is 18.2 Å². The van der Waals surface area contributed by atoms with E-state index in [1.54, 1.807) is 31.2 Å². The molecule has 3 rings (SSSR count). The summed E-state index contributed by atoms with van der Waals surface area (Å²) in [6.45, 7) is 1.35. The molecular weight excluding hydrogens is 358 g/mol. The third-order valence-electron chi connectivity index (χ3n) is 4.28. The fourth-order valence-corrected chi connectivity index (χ4v) is 2.80. The molecule has 0 bridgehead atoms. The lowest BCUT2D eigenvalue weighted by Gasteiger charge is -2.11. The van der Waals surface area contributed by atoms with Gasteiger partial charge in [-0.1, -0.05) is 42.5 Å². The molecule has 0 heterocycles. The van der Waals surface area contributed by atoms with Crippen LogP contribution in [-0.4, -0.2) is 31.6 Å². The van der Waals surface area contributed by atoms with Gasteiger partial charge in [-0.25, -0.2) is 9.59 Å². The molecule has 0 aliphatic heterocycles. The highest BCUT2D eigenvalue weighted by molar-refractivity contribution is 6.05. The number of amides is 1. The highest BCUT2D eigenvalue weighted by Crippen LogP contribution is 2.20. The van der Waals surface area contributed by atoms with Gasteiger partial charge in [0, 0.05) is 5.69 Å². The first-order chi connectivity index (χ1) is 13.5. The highest BCUT2D eigenvalue weighted by atomic mass is 16.5. The number of esters is 2. The van der Waals surface area contributed by atoms with Crippen LogP contribution in [0.15, 0.2) is 60.7 Å². The van der Waals surface area contributed by atoms with Crippen molar-refractivity contribution in [2.24, 2.45) is 0 Å². The Morgan fingerprint density at radius 2 is 1.68 bits per heavy atom. The lowest BCUT2D eigenvalue weighted by molar-refractivity contribution is -0.119. The number of carbonyl (C=O) groups is 3. The Hall–Kier alpha value is -3.67. The number of fused-ring (bicyclic) bond motifs is 1. The van der Waals surface area contributed by atoms with Crippen LogP contribution in [0.1, 0.15) is 26.3 Å². The lowest BCUT2D eigenvalue weighted by atomic mass is 10.1. The Morgan fingerprint density at radius 1 is 0.929 bits per heavy atom. The number of hydrogen-bond donors (Lipinski definition) is 1. The van der Waals surface area contributed by atoms with Crippen LogP contribution in [0.3, 0.4) is 0 Å². The van der Waals surface area contributed by atoms with Crippen molar-refractivity contribution in [3.63, 3.8) is 0 Å². The lowest BCUT2D eigenvalue weighted by Crippen LogP contribution is -2.21. The van der Waals surface area contributed by atoms with E-state index in [4.69, 9.17) is 4.74 Å². The number of aryl methyl sites for hydroxylation is 1. The zero-order valence-corrected chi connectivity index (χ0v) is 15.5. The monoisotopic (exact) mass is 377 g/mol. The van der Waals surface area contributed by atoms with E-state index in [0.29, 0.717) is 16.8 Å².